The largest absolute Gasteiger partial charge is 0.497 e. The Hall–Kier alpha value is -3.14. The van der Waals surface area contributed by atoms with Crippen molar-refractivity contribution in [2.24, 2.45) is 0 Å². The van der Waals surface area contributed by atoms with Crippen LogP contribution in [0.4, 0.5) is 10.1 Å². The monoisotopic (exact) mass is 389 g/mol. The summed E-state index contributed by atoms with van der Waals surface area (Å²) in [6.07, 6.45) is 1.56. The molecule has 1 amide bonds. The van der Waals surface area contributed by atoms with E-state index in [0.717, 1.165) is 23.2 Å². The number of methoxy groups -OCH3 is 1. The van der Waals surface area contributed by atoms with E-state index in [1.807, 2.05) is 84.9 Å². The number of nitrogens with zero attached hydrogens (tertiary/aromatic N) is 1. The minimum absolute atomic E-state index is 0.195. The fourth-order valence-corrected chi connectivity index (χ4v) is 4.07. The summed E-state index contributed by atoms with van der Waals surface area (Å²) in [4.78, 5) is 14.5. The van der Waals surface area contributed by atoms with Gasteiger partial charge in [0.15, 0.2) is 0 Å². The molecular weight excluding hydrogens is 365 g/mol. The zero-order valence-electron chi connectivity index (χ0n) is 16.4. The quantitative estimate of drug-likeness (QED) is 0.498. The van der Waals surface area contributed by atoms with Crippen molar-refractivity contribution in [3.05, 3.63) is 96.1 Å². The molecular formula is C25H24FNO2. The van der Waals surface area contributed by atoms with Crippen molar-refractivity contribution in [2.45, 2.75) is 31.0 Å². The number of amides is 1. The number of benzene rings is 3. The molecule has 29 heavy (non-hydrogen) atoms. The lowest BCUT2D eigenvalue weighted by molar-refractivity contribution is -0.143. The number of anilines is 1. The summed E-state index contributed by atoms with van der Waals surface area (Å²) in [5.74, 6) is 0.247. The van der Waals surface area contributed by atoms with E-state index in [1.165, 1.54) is 0 Å². The Morgan fingerprint density at radius 1 is 0.931 bits per heavy atom. The molecule has 3 aromatic carbocycles. The highest BCUT2D eigenvalue weighted by Crippen LogP contribution is 2.51. The number of rotatable bonds is 7. The molecule has 2 atom stereocenters. The minimum Gasteiger partial charge on any atom is -0.497 e. The average Bonchev–Trinajstić information content (AvgIpc) is 2.78. The van der Waals surface area contributed by atoms with Crippen LogP contribution in [0.5, 0.6) is 5.75 Å². The van der Waals surface area contributed by atoms with E-state index in [-0.39, 0.29) is 6.42 Å². The Kier molecular flexibility index (Phi) is 5.34. The van der Waals surface area contributed by atoms with Crippen LogP contribution in [-0.2, 0) is 11.2 Å². The standard InChI is InChI=1S/C25H24FNO2/c1-29-22-16-14-20(15-17-22)23-25(26,18-8-11-19-9-4-2-5-10-19)24(28)27(23)21-12-6-3-7-13-21/h2-7,9-10,12-17,23H,8,11,18H2,1H3/t23-,25-/m1/s1. The molecule has 0 N–H and O–H groups in total. The minimum atomic E-state index is -1.90. The molecule has 1 heterocycles. The van der Waals surface area contributed by atoms with Crippen LogP contribution in [0, 0.1) is 0 Å². The van der Waals surface area contributed by atoms with Gasteiger partial charge in [-0.15, -0.1) is 0 Å². The molecule has 0 spiro atoms. The molecule has 3 nitrogen and oxygen atoms in total. The molecule has 1 fully saturated rings. The lowest BCUT2D eigenvalue weighted by atomic mass is 9.75. The smallest absolute Gasteiger partial charge is 0.267 e. The lowest BCUT2D eigenvalue weighted by Gasteiger charge is -2.51. The Morgan fingerprint density at radius 2 is 1.55 bits per heavy atom. The predicted octanol–water partition coefficient (Wildman–Crippen LogP) is 5.51. The van der Waals surface area contributed by atoms with Crippen molar-refractivity contribution in [1.29, 1.82) is 0 Å². The fourth-order valence-electron chi connectivity index (χ4n) is 4.07. The lowest BCUT2D eigenvalue weighted by Crippen LogP contribution is -2.66. The highest BCUT2D eigenvalue weighted by Gasteiger charge is 2.62. The SMILES string of the molecule is COc1ccc([C@H]2N(c3ccccc3)C(=O)[C@@]2(F)CCCc2ccccc2)cc1. The first-order chi connectivity index (χ1) is 14.1. The maximum atomic E-state index is 16.0. The first-order valence-corrected chi connectivity index (χ1v) is 9.89. The van der Waals surface area contributed by atoms with E-state index in [0.29, 0.717) is 12.2 Å². The van der Waals surface area contributed by atoms with Crippen molar-refractivity contribution in [1.82, 2.24) is 0 Å². The second-order valence-electron chi connectivity index (χ2n) is 7.39. The molecule has 4 heteroatoms. The van der Waals surface area contributed by atoms with Crippen molar-refractivity contribution in [2.75, 3.05) is 12.0 Å². The van der Waals surface area contributed by atoms with Gasteiger partial charge in [0.05, 0.1) is 7.11 Å². The second-order valence-corrected chi connectivity index (χ2v) is 7.39. The van der Waals surface area contributed by atoms with Crippen molar-refractivity contribution in [3.63, 3.8) is 0 Å². The topological polar surface area (TPSA) is 29.5 Å². The van der Waals surface area contributed by atoms with Gasteiger partial charge in [-0.1, -0.05) is 60.7 Å². The van der Waals surface area contributed by atoms with E-state index in [9.17, 15) is 4.79 Å². The van der Waals surface area contributed by atoms with Gasteiger partial charge in [0.1, 0.15) is 11.8 Å². The third-order valence-corrected chi connectivity index (χ3v) is 5.58. The molecule has 0 aliphatic carbocycles. The Bertz CT molecular complexity index is 959. The summed E-state index contributed by atoms with van der Waals surface area (Å²) in [5.41, 5.74) is 0.744. The number of carbonyl (C=O) groups excluding carboxylic acids is 1. The zero-order chi connectivity index (χ0) is 20.3. The highest BCUT2D eigenvalue weighted by atomic mass is 19.1. The number of carbonyl (C=O) groups is 1. The van der Waals surface area contributed by atoms with E-state index in [4.69, 9.17) is 4.74 Å². The van der Waals surface area contributed by atoms with Crippen LogP contribution in [-0.4, -0.2) is 18.7 Å². The van der Waals surface area contributed by atoms with Gasteiger partial charge in [-0.3, -0.25) is 9.69 Å². The Balaban J connectivity index is 1.59. The molecule has 0 aromatic heterocycles. The predicted molar refractivity (Wildman–Crippen MR) is 113 cm³/mol. The van der Waals surface area contributed by atoms with E-state index in [1.54, 1.807) is 12.0 Å². The van der Waals surface area contributed by atoms with Gasteiger partial charge in [-0.05, 0) is 54.7 Å². The molecule has 0 saturated carbocycles. The van der Waals surface area contributed by atoms with Gasteiger partial charge in [-0.25, -0.2) is 4.39 Å². The maximum absolute atomic E-state index is 16.0. The number of β-lactam (4-membered cyclic amide) rings is 1. The zero-order valence-corrected chi connectivity index (χ0v) is 16.4. The van der Waals surface area contributed by atoms with Crippen LogP contribution >= 0.6 is 0 Å². The van der Waals surface area contributed by atoms with E-state index >= 15 is 4.39 Å². The number of ether oxygens (including phenoxy) is 1. The van der Waals surface area contributed by atoms with E-state index < -0.39 is 17.6 Å². The molecule has 1 saturated heterocycles. The molecule has 3 aromatic rings. The van der Waals surface area contributed by atoms with Crippen LogP contribution in [0.25, 0.3) is 0 Å². The normalized spacial score (nSPS) is 21.0. The Labute approximate surface area is 170 Å². The van der Waals surface area contributed by atoms with Gasteiger partial charge in [0.2, 0.25) is 5.67 Å². The van der Waals surface area contributed by atoms with Crippen molar-refractivity contribution in [3.8, 4) is 5.75 Å². The van der Waals surface area contributed by atoms with Gasteiger partial charge in [0, 0.05) is 5.69 Å². The molecule has 4 rings (SSSR count). The molecule has 148 valence electrons. The van der Waals surface area contributed by atoms with Crippen molar-refractivity contribution < 1.29 is 13.9 Å². The molecule has 0 bridgehead atoms. The van der Waals surface area contributed by atoms with Gasteiger partial charge in [0.25, 0.3) is 5.91 Å². The number of hydrogen-bond donors (Lipinski definition) is 0. The number of aryl methyl sites for hydroxylation is 1. The summed E-state index contributed by atoms with van der Waals surface area (Å²) >= 11 is 0. The molecule has 0 radical (unpaired) electrons. The third-order valence-electron chi connectivity index (χ3n) is 5.58. The second kappa shape index (κ2) is 8.08. The van der Waals surface area contributed by atoms with Gasteiger partial charge in [-0.2, -0.15) is 0 Å². The molecule has 1 aliphatic heterocycles. The summed E-state index contributed by atoms with van der Waals surface area (Å²) in [7, 11) is 1.60. The maximum Gasteiger partial charge on any atom is 0.267 e. The average molecular weight is 389 g/mol. The van der Waals surface area contributed by atoms with Crippen LogP contribution < -0.4 is 9.64 Å². The number of para-hydroxylation sites is 1. The van der Waals surface area contributed by atoms with Crippen LogP contribution in [0.15, 0.2) is 84.9 Å². The van der Waals surface area contributed by atoms with Gasteiger partial charge >= 0.3 is 0 Å². The third kappa shape index (κ3) is 3.63. The first kappa shape index (κ1) is 19.2. The van der Waals surface area contributed by atoms with Crippen LogP contribution in [0.1, 0.15) is 30.0 Å². The number of alkyl halides is 1. The molecule has 0 unspecified atom stereocenters. The number of halogens is 1. The van der Waals surface area contributed by atoms with Crippen LogP contribution in [0.2, 0.25) is 0 Å². The van der Waals surface area contributed by atoms with E-state index in [2.05, 4.69) is 0 Å². The summed E-state index contributed by atoms with van der Waals surface area (Å²) < 4.78 is 21.3. The van der Waals surface area contributed by atoms with Crippen LogP contribution in [0.3, 0.4) is 0 Å². The van der Waals surface area contributed by atoms with Gasteiger partial charge < -0.3 is 4.74 Å². The first-order valence-electron chi connectivity index (χ1n) is 9.89. The van der Waals surface area contributed by atoms with Crippen molar-refractivity contribution >= 4 is 11.6 Å². The summed E-state index contributed by atoms with van der Waals surface area (Å²) in [6.45, 7) is 0. The Morgan fingerprint density at radius 3 is 2.17 bits per heavy atom. The fraction of sp³-hybridized carbons (Fsp3) is 0.240. The summed E-state index contributed by atoms with van der Waals surface area (Å²) in [5, 5.41) is 0. The highest BCUT2D eigenvalue weighted by molar-refractivity contribution is 6.08. The summed E-state index contributed by atoms with van der Waals surface area (Å²) in [6, 6.07) is 26.0. The molecule has 1 aliphatic rings. The number of hydrogen-bond acceptors (Lipinski definition) is 2.